The van der Waals surface area contributed by atoms with Gasteiger partial charge in [-0.15, -0.1) is 0 Å². The van der Waals surface area contributed by atoms with Crippen molar-refractivity contribution in [2.45, 2.75) is 13.0 Å². The van der Waals surface area contributed by atoms with E-state index in [9.17, 15) is 14.3 Å². The van der Waals surface area contributed by atoms with Gasteiger partial charge in [0.15, 0.2) is 0 Å². The zero-order chi connectivity index (χ0) is 20.6. The Morgan fingerprint density at radius 3 is 2.79 bits per heavy atom. The van der Waals surface area contributed by atoms with Crippen molar-refractivity contribution in [2.24, 2.45) is 0 Å². The quantitative estimate of drug-likeness (QED) is 0.254. The maximum Gasteiger partial charge on any atom is 0.267 e. The Hall–Kier alpha value is -3.00. The molecule has 0 atom stereocenters. The van der Waals surface area contributed by atoms with Gasteiger partial charge in [0.2, 0.25) is 0 Å². The standard InChI is InChI=1S/C22H24FN3O3/c23-20-13-16(3-6-22(28)25-29)2-5-19(20)15-26(11-12-27)10-8-17-1-4-18-7-9-24-21(18)14-17/h1-7,9,13-14,24,27,29H,8,10-12,15H2,(H,25,28)/b6-3+. The molecular formula is C22H24FN3O3. The molecule has 152 valence electrons. The summed E-state index contributed by atoms with van der Waals surface area (Å²) in [6.07, 6.45) is 5.23. The number of fused-ring (bicyclic) bond motifs is 1. The zero-order valence-corrected chi connectivity index (χ0v) is 15.9. The summed E-state index contributed by atoms with van der Waals surface area (Å²) < 4.78 is 14.5. The van der Waals surface area contributed by atoms with Crippen LogP contribution in [0.25, 0.3) is 17.0 Å². The van der Waals surface area contributed by atoms with Gasteiger partial charge >= 0.3 is 0 Å². The molecule has 3 aromatic rings. The molecule has 0 fully saturated rings. The van der Waals surface area contributed by atoms with Crippen molar-refractivity contribution in [2.75, 3.05) is 19.7 Å². The minimum Gasteiger partial charge on any atom is -0.395 e. The number of aliphatic hydroxyl groups excluding tert-OH is 1. The van der Waals surface area contributed by atoms with Crippen LogP contribution in [0, 0.1) is 5.82 Å². The number of aromatic amines is 1. The lowest BCUT2D eigenvalue weighted by Gasteiger charge is -2.22. The highest BCUT2D eigenvalue weighted by Crippen LogP contribution is 2.17. The van der Waals surface area contributed by atoms with E-state index in [-0.39, 0.29) is 12.4 Å². The number of hydroxylamine groups is 1. The number of aromatic nitrogens is 1. The molecule has 0 saturated carbocycles. The Kier molecular flexibility index (Phi) is 7.13. The van der Waals surface area contributed by atoms with Crippen molar-refractivity contribution in [3.05, 3.63) is 77.2 Å². The molecule has 0 spiro atoms. The van der Waals surface area contributed by atoms with Gasteiger partial charge in [-0.05, 0) is 47.2 Å². The number of carbonyl (C=O) groups is 1. The highest BCUT2D eigenvalue weighted by molar-refractivity contribution is 5.90. The predicted molar refractivity (Wildman–Crippen MR) is 110 cm³/mol. The molecule has 1 aromatic heterocycles. The molecule has 1 heterocycles. The smallest absolute Gasteiger partial charge is 0.267 e. The predicted octanol–water partition coefficient (Wildman–Crippen LogP) is 2.86. The number of benzene rings is 2. The third-order valence-corrected chi connectivity index (χ3v) is 4.76. The third-order valence-electron chi connectivity index (χ3n) is 4.76. The summed E-state index contributed by atoms with van der Waals surface area (Å²) in [7, 11) is 0. The number of halogens is 1. The van der Waals surface area contributed by atoms with Crippen molar-refractivity contribution in [1.29, 1.82) is 0 Å². The Bertz CT molecular complexity index is 1000. The first-order valence-electron chi connectivity index (χ1n) is 9.39. The zero-order valence-electron chi connectivity index (χ0n) is 15.9. The van der Waals surface area contributed by atoms with Crippen LogP contribution in [0.15, 0.2) is 54.7 Å². The molecule has 0 aliphatic rings. The van der Waals surface area contributed by atoms with Crippen LogP contribution in [0.2, 0.25) is 0 Å². The van der Waals surface area contributed by atoms with Crippen LogP contribution in [0.4, 0.5) is 4.39 Å². The molecule has 2 aromatic carbocycles. The summed E-state index contributed by atoms with van der Waals surface area (Å²) in [5, 5.41) is 19.0. The normalized spacial score (nSPS) is 11.6. The number of nitrogens with zero attached hydrogens (tertiary/aromatic N) is 1. The second-order valence-electron chi connectivity index (χ2n) is 6.81. The van der Waals surface area contributed by atoms with Crippen LogP contribution in [0.1, 0.15) is 16.7 Å². The van der Waals surface area contributed by atoms with E-state index >= 15 is 0 Å². The first kappa shape index (κ1) is 20.7. The second-order valence-corrected chi connectivity index (χ2v) is 6.81. The number of aliphatic hydroxyl groups is 1. The summed E-state index contributed by atoms with van der Waals surface area (Å²) >= 11 is 0. The monoisotopic (exact) mass is 397 g/mol. The molecule has 0 unspecified atom stereocenters. The molecule has 3 rings (SSSR count). The summed E-state index contributed by atoms with van der Waals surface area (Å²) in [4.78, 5) is 16.2. The van der Waals surface area contributed by atoms with Gasteiger partial charge in [0, 0.05) is 43.0 Å². The third kappa shape index (κ3) is 5.74. The van der Waals surface area contributed by atoms with Crippen LogP contribution >= 0.6 is 0 Å². The number of H-pyrrole nitrogens is 1. The van der Waals surface area contributed by atoms with Gasteiger partial charge in [-0.2, -0.15) is 0 Å². The first-order valence-corrected chi connectivity index (χ1v) is 9.39. The van der Waals surface area contributed by atoms with Gasteiger partial charge in [0.1, 0.15) is 5.82 Å². The first-order chi connectivity index (χ1) is 14.1. The minimum atomic E-state index is -0.679. The maximum absolute atomic E-state index is 14.5. The summed E-state index contributed by atoms with van der Waals surface area (Å²) in [5.41, 5.74) is 4.77. The maximum atomic E-state index is 14.5. The van der Waals surface area contributed by atoms with Crippen molar-refractivity contribution in [3.63, 3.8) is 0 Å². The largest absolute Gasteiger partial charge is 0.395 e. The second kappa shape index (κ2) is 9.97. The van der Waals surface area contributed by atoms with E-state index < -0.39 is 5.91 Å². The molecular weight excluding hydrogens is 373 g/mol. The van der Waals surface area contributed by atoms with E-state index in [0.717, 1.165) is 23.4 Å². The van der Waals surface area contributed by atoms with Gasteiger partial charge in [-0.3, -0.25) is 14.9 Å². The summed E-state index contributed by atoms with van der Waals surface area (Å²) in [5.74, 6) is -1.06. The van der Waals surface area contributed by atoms with Crippen LogP contribution in [0.3, 0.4) is 0 Å². The highest BCUT2D eigenvalue weighted by Gasteiger charge is 2.10. The summed E-state index contributed by atoms with van der Waals surface area (Å²) in [6.45, 7) is 1.50. The lowest BCUT2D eigenvalue weighted by atomic mass is 10.1. The summed E-state index contributed by atoms with van der Waals surface area (Å²) in [6, 6.07) is 13.0. The van der Waals surface area contributed by atoms with E-state index in [0.29, 0.717) is 30.8 Å². The van der Waals surface area contributed by atoms with Gasteiger partial charge in [0.25, 0.3) is 5.91 Å². The fourth-order valence-corrected chi connectivity index (χ4v) is 3.19. The van der Waals surface area contributed by atoms with E-state index in [4.69, 9.17) is 5.21 Å². The van der Waals surface area contributed by atoms with Gasteiger partial charge in [0.05, 0.1) is 6.61 Å². The molecule has 4 N–H and O–H groups in total. The number of hydrogen-bond acceptors (Lipinski definition) is 4. The minimum absolute atomic E-state index is 0.00558. The average molecular weight is 397 g/mol. The topological polar surface area (TPSA) is 88.6 Å². The Balaban J connectivity index is 1.64. The lowest BCUT2D eigenvalue weighted by molar-refractivity contribution is -0.124. The van der Waals surface area contributed by atoms with Crippen LogP contribution in [-0.2, 0) is 17.8 Å². The van der Waals surface area contributed by atoms with E-state index in [1.807, 2.05) is 17.2 Å². The van der Waals surface area contributed by atoms with Gasteiger partial charge in [-0.1, -0.05) is 24.3 Å². The molecule has 0 aliphatic carbocycles. The fraction of sp³-hybridized carbons (Fsp3) is 0.227. The Morgan fingerprint density at radius 2 is 2.03 bits per heavy atom. The molecule has 6 nitrogen and oxygen atoms in total. The van der Waals surface area contributed by atoms with Crippen LogP contribution in [0.5, 0.6) is 0 Å². The van der Waals surface area contributed by atoms with Gasteiger partial charge in [-0.25, -0.2) is 9.87 Å². The lowest BCUT2D eigenvalue weighted by Crippen LogP contribution is -2.29. The van der Waals surface area contributed by atoms with Crippen LogP contribution in [-0.4, -0.2) is 45.8 Å². The molecule has 29 heavy (non-hydrogen) atoms. The number of rotatable bonds is 9. The molecule has 7 heteroatoms. The number of amides is 1. The van der Waals surface area contributed by atoms with E-state index in [1.54, 1.807) is 12.1 Å². The Labute approximate surface area is 168 Å². The van der Waals surface area contributed by atoms with Crippen molar-refractivity contribution in [1.82, 2.24) is 15.4 Å². The van der Waals surface area contributed by atoms with Crippen LogP contribution < -0.4 is 5.48 Å². The molecule has 1 amide bonds. The van der Waals surface area contributed by atoms with Gasteiger partial charge < -0.3 is 10.1 Å². The van der Waals surface area contributed by atoms with Crippen molar-refractivity contribution in [3.8, 4) is 0 Å². The SMILES string of the molecule is O=C(/C=C/c1ccc(CN(CCO)CCc2ccc3cc[nH]c3c2)c(F)c1)NO. The highest BCUT2D eigenvalue weighted by atomic mass is 19.1. The number of hydrogen-bond donors (Lipinski definition) is 4. The number of nitrogens with one attached hydrogen (secondary N) is 2. The number of carbonyl (C=O) groups excluding carboxylic acids is 1. The molecule has 0 aliphatic heterocycles. The molecule has 0 saturated heterocycles. The molecule has 0 radical (unpaired) electrons. The molecule has 0 bridgehead atoms. The van der Waals surface area contributed by atoms with Crippen molar-refractivity contribution >= 4 is 22.9 Å². The van der Waals surface area contributed by atoms with E-state index in [2.05, 4.69) is 23.2 Å². The Morgan fingerprint density at radius 1 is 1.17 bits per heavy atom. The van der Waals surface area contributed by atoms with Crippen molar-refractivity contribution < 1.29 is 19.5 Å². The average Bonchev–Trinajstić information content (AvgIpc) is 3.20. The fourth-order valence-electron chi connectivity index (χ4n) is 3.19. The van der Waals surface area contributed by atoms with E-state index in [1.165, 1.54) is 23.2 Å².